The molecule has 3 N–H and O–H groups in total. The molecule has 6 heteroatoms. The molecule has 0 bridgehead atoms. The van der Waals surface area contributed by atoms with Gasteiger partial charge in [0.1, 0.15) is 5.82 Å². The number of rotatable bonds is 2. The number of hydrogen-bond acceptors (Lipinski definition) is 2. The summed E-state index contributed by atoms with van der Waals surface area (Å²) in [5.41, 5.74) is 6.00. The summed E-state index contributed by atoms with van der Waals surface area (Å²) in [6, 6.07) is 6.54. The molecule has 0 fully saturated rings. The summed E-state index contributed by atoms with van der Waals surface area (Å²) in [4.78, 5) is 0. The summed E-state index contributed by atoms with van der Waals surface area (Å²) in [5.74, 6) is -1.54. The number of nitrogen functional groups attached to an aromatic ring is 1. The van der Waals surface area contributed by atoms with Crippen LogP contribution in [0.3, 0.4) is 0 Å². The van der Waals surface area contributed by atoms with Crippen molar-refractivity contribution in [1.29, 1.82) is 0 Å². The number of hydrogen-bond donors (Lipinski definition) is 2. The first-order valence-corrected chi connectivity index (χ1v) is 5.69. The van der Waals surface area contributed by atoms with Gasteiger partial charge in [0, 0.05) is 11.8 Å². The Bertz CT molecular complexity index is 603. The van der Waals surface area contributed by atoms with Crippen molar-refractivity contribution in [3.8, 4) is 0 Å². The van der Waals surface area contributed by atoms with Gasteiger partial charge < -0.3 is 11.1 Å². The summed E-state index contributed by atoms with van der Waals surface area (Å²) >= 11 is 11.6. The average molecular weight is 289 g/mol. The molecule has 0 aromatic heterocycles. The van der Waals surface area contributed by atoms with E-state index in [9.17, 15) is 8.78 Å². The molecular formula is C12H8Cl2F2N2. The third-order valence-electron chi connectivity index (χ3n) is 2.29. The molecule has 0 saturated heterocycles. The zero-order valence-electron chi connectivity index (χ0n) is 8.98. The highest BCUT2D eigenvalue weighted by Gasteiger charge is 2.09. The van der Waals surface area contributed by atoms with E-state index in [4.69, 9.17) is 28.9 Å². The topological polar surface area (TPSA) is 38.0 Å². The molecule has 2 rings (SSSR count). The maximum Gasteiger partial charge on any atom is 0.151 e. The predicted molar refractivity (Wildman–Crippen MR) is 70.5 cm³/mol. The Kier molecular flexibility index (Phi) is 3.59. The minimum absolute atomic E-state index is 0.130. The van der Waals surface area contributed by atoms with Crippen molar-refractivity contribution in [2.24, 2.45) is 0 Å². The molecule has 0 spiro atoms. The van der Waals surface area contributed by atoms with Gasteiger partial charge in [-0.1, -0.05) is 23.2 Å². The average Bonchev–Trinajstić information content (AvgIpc) is 2.30. The van der Waals surface area contributed by atoms with Crippen LogP contribution in [0, 0.1) is 11.6 Å². The van der Waals surface area contributed by atoms with Crippen molar-refractivity contribution in [3.05, 3.63) is 52.0 Å². The minimum Gasteiger partial charge on any atom is -0.395 e. The first-order valence-electron chi connectivity index (χ1n) is 4.94. The second-order valence-electron chi connectivity index (χ2n) is 3.60. The van der Waals surface area contributed by atoms with Crippen LogP contribution in [0.1, 0.15) is 0 Å². The highest BCUT2D eigenvalue weighted by molar-refractivity contribution is 6.42. The van der Waals surface area contributed by atoms with Crippen LogP contribution in [0.15, 0.2) is 30.3 Å². The molecule has 0 aliphatic carbocycles. The number of nitrogens with one attached hydrogen (secondary N) is 1. The first-order chi connectivity index (χ1) is 8.47. The van der Waals surface area contributed by atoms with Gasteiger partial charge in [0.2, 0.25) is 0 Å². The Morgan fingerprint density at radius 3 is 2.39 bits per heavy atom. The Morgan fingerprint density at radius 2 is 1.72 bits per heavy atom. The number of anilines is 3. The van der Waals surface area contributed by atoms with Gasteiger partial charge >= 0.3 is 0 Å². The van der Waals surface area contributed by atoms with Gasteiger partial charge in [-0.15, -0.1) is 0 Å². The minimum atomic E-state index is -0.822. The second-order valence-corrected chi connectivity index (χ2v) is 4.42. The van der Waals surface area contributed by atoms with Crippen LogP contribution in [-0.2, 0) is 0 Å². The van der Waals surface area contributed by atoms with Crippen LogP contribution < -0.4 is 11.1 Å². The second kappa shape index (κ2) is 5.00. The quantitative estimate of drug-likeness (QED) is 0.793. The van der Waals surface area contributed by atoms with Crippen molar-refractivity contribution >= 4 is 40.3 Å². The van der Waals surface area contributed by atoms with E-state index in [-0.39, 0.29) is 11.4 Å². The van der Waals surface area contributed by atoms with Crippen LogP contribution in [0.4, 0.5) is 25.8 Å². The molecule has 0 amide bonds. The van der Waals surface area contributed by atoms with Gasteiger partial charge in [-0.3, -0.25) is 0 Å². The van der Waals surface area contributed by atoms with Crippen LogP contribution in [0.25, 0.3) is 0 Å². The zero-order valence-corrected chi connectivity index (χ0v) is 10.5. The highest BCUT2D eigenvalue weighted by Crippen LogP contribution is 2.30. The van der Waals surface area contributed by atoms with Crippen molar-refractivity contribution in [2.45, 2.75) is 0 Å². The number of benzene rings is 2. The largest absolute Gasteiger partial charge is 0.395 e. The van der Waals surface area contributed by atoms with Crippen LogP contribution in [0.5, 0.6) is 0 Å². The molecule has 0 saturated carbocycles. The maximum atomic E-state index is 13.2. The zero-order chi connectivity index (χ0) is 13.3. The lowest BCUT2D eigenvalue weighted by Gasteiger charge is -2.10. The molecule has 0 aliphatic heterocycles. The van der Waals surface area contributed by atoms with Gasteiger partial charge in [-0.2, -0.15) is 0 Å². The van der Waals surface area contributed by atoms with Crippen LogP contribution in [0.2, 0.25) is 10.0 Å². The first kappa shape index (κ1) is 12.9. The molecule has 94 valence electrons. The predicted octanol–water partition coefficient (Wildman–Crippen LogP) is 4.60. The Hall–Kier alpha value is -1.52. The molecule has 2 aromatic rings. The standard InChI is InChI=1S/C12H8Cl2F2N2/c13-8-2-1-7(5-9(8)14)18-11-4-6(15)3-10(16)12(11)17/h1-5,18H,17H2. The fraction of sp³-hybridized carbons (Fsp3) is 0. The summed E-state index contributed by atoms with van der Waals surface area (Å²) in [6.45, 7) is 0. The molecule has 18 heavy (non-hydrogen) atoms. The van der Waals surface area contributed by atoms with E-state index in [1.54, 1.807) is 12.1 Å². The Balaban J connectivity index is 2.36. The fourth-order valence-electron chi connectivity index (χ4n) is 1.42. The van der Waals surface area contributed by atoms with Crippen molar-refractivity contribution in [3.63, 3.8) is 0 Å². The lowest BCUT2D eigenvalue weighted by atomic mass is 10.2. The van der Waals surface area contributed by atoms with Crippen molar-refractivity contribution in [2.75, 3.05) is 11.1 Å². The van der Waals surface area contributed by atoms with E-state index in [0.29, 0.717) is 15.7 Å². The fourth-order valence-corrected chi connectivity index (χ4v) is 1.72. The van der Waals surface area contributed by atoms with Gasteiger partial charge in [-0.05, 0) is 24.3 Å². The van der Waals surface area contributed by atoms with Gasteiger partial charge in [0.15, 0.2) is 5.82 Å². The molecular weight excluding hydrogens is 281 g/mol. The van der Waals surface area contributed by atoms with E-state index >= 15 is 0 Å². The van der Waals surface area contributed by atoms with Gasteiger partial charge in [0.25, 0.3) is 0 Å². The molecule has 0 heterocycles. The third-order valence-corrected chi connectivity index (χ3v) is 3.03. The Morgan fingerprint density at radius 1 is 1.00 bits per heavy atom. The monoisotopic (exact) mass is 288 g/mol. The number of nitrogens with two attached hydrogens (primary N) is 1. The van der Waals surface area contributed by atoms with Gasteiger partial charge in [-0.25, -0.2) is 8.78 Å². The summed E-state index contributed by atoms with van der Waals surface area (Å²) in [7, 11) is 0. The lowest BCUT2D eigenvalue weighted by Crippen LogP contribution is -2.00. The van der Waals surface area contributed by atoms with E-state index in [0.717, 1.165) is 12.1 Å². The molecule has 0 atom stereocenters. The molecule has 0 radical (unpaired) electrons. The van der Waals surface area contributed by atoms with Crippen molar-refractivity contribution < 1.29 is 8.78 Å². The molecule has 0 unspecified atom stereocenters. The van der Waals surface area contributed by atoms with Crippen LogP contribution >= 0.6 is 23.2 Å². The van der Waals surface area contributed by atoms with E-state index in [1.807, 2.05) is 0 Å². The van der Waals surface area contributed by atoms with Crippen LogP contribution in [-0.4, -0.2) is 0 Å². The van der Waals surface area contributed by atoms with E-state index in [1.165, 1.54) is 6.07 Å². The highest BCUT2D eigenvalue weighted by atomic mass is 35.5. The summed E-state index contributed by atoms with van der Waals surface area (Å²) in [6.07, 6.45) is 0. The smallest absolute Gasteiger partial charge is 0.151 e. The SMILES string of the molecule is Nc1c(F)cc(F)cc1Nc1ccc(Cl)c(Cl)c1. The normalized spacial score (nSPS) is 10.4. The molecule has 2 aromatic carbocycles. The number of halogens is 4. The molecule has 2 nitrogen and oxygen atoms in total. The molecule has 0 aliphatic rings. The summed E-state index contributed by atoms with van der Waals surface area (Å²) < 4.78 is 26.3. The van der Waals surface area contributed by atoms with E-state index in [2.05, 4.69) is 5.32 Å². The Labute approximate surface area is 112 Å². The van der Waals surface area contributed by atoms with Gasteiger partial charge in [0.05, 0.1) is 21.4 Å². The maximum absolute atomic E-state index is 13.2. The van der Waals surface area contributed by atoms with Crippen molar-refractivity contribution in [1.82, 2.24) is 0 Å². The lowest BCUT2D eigenvalue weighted by molar-refractivity contribution is 0.587. The van der Waals surface area contributed by atoms with E-state index < -0.39 is 11.6 Å². The summed E-state index contributed by atoms with van der Waals surface area (Å²) in [5, 5.41) is 3.49. The third kappa shape index (κ3) is 2.66.